The molecule has 8 heteroatoms. The molecule has 1 aromatic rings. The summed E-state index contributed by atoms with van der Waals surface area (Å²) in [6.07, 6.45) is 0.774. The van der Waals surface area contributed by atoms with Gasteiger partial charge in [0, 0.05) is 36.8 Å². The molecule has 0 aromatic heterocycles. The molecule has 0 aliphatic carbocycles. The minimum atomic E-state index is -0.543. The van der Waals surface area contributed by atoms with Crippen molar-refractivity contribution in [3.63, 3.8) is 0 Å². The predicted molar refractivity (Wildman–Crippen MR) is 75.4 cm³/mol. The van der Waals surface area contributed by atoms with E-state index >= 15 is 0 Å². The molecule has 1 heterocycles. The van der Waals surface area contributed by atoms with E-state index in [2.05, 4.69) is 0 Å². The van der Waals surface area contributed by atoms with Crippen molar-refractivity contribution < 1.29 is 14.5 Å². The van der Waals surface area contributed by atoms with Gasteiger partial charge in [0.2, 0.25) is 0 Å². The van der Waals surface area contributed by atoms with Gasteiger partial charge in [-0.05, 0) is 12.5 Å². The van der Waals surface area contributed by atoms with E-state index in [9.17, 15) is 14.9 Å². The highest BCUT2D eigenvalue weighted by Crippen LogP contribution is 2.28. The molecule has 0 radical (unpaired) electrons. The van der Waals surface area contributed by atoms with Crippen LogP contribution < -0.4 is 10.5 Å². The Hall–Kier alpha value is -1.86. The number of rotatable bonds is 3. The molecule has 1 fully saturated rings. The molecule has 1 aromatic carbocycles. The number of nitrogens with zero attached hydrogens (tertiary/aromatic N) is 2. The third-order valence-corrected chi connectivity index (χ3v) is 3.14. The van der Waals surface area contributed by atoms with Crippen LogP contribution in [0, 0.1) is 10.1 Å². The summed E-state index contributed by atoms with van der Waals surface area (Å²) in [5, 5.41) is 10.8. The summed E-state index contributed by atoms with van der Waals surface area (Å²) in [6.45, 7) is 1.12. The van der Waals surface area contributed by atoms with Gasteiger partial charge in [0.05, 0.1) is 12.0 Å². The Morgan fingerprint density at radius 2 is 2.25 bits per heavy atom. The Balaban J connectivity index is 0.00000200. The molecule has 1 aliphatic heterocycles. The highest BCUT2D eigenvalue weighted by atomic mass is 35.5. The van der Waals surface area contributed by atoms with Crippen LogP contribution >= 0.6 is 12.4 Å². The molecular weight excluding hydrogens is 286 g/mol. The molecule has 1 aliphatic rings. The molecule has 1 atom stereocenters. The van der Waals surface area contributed by atoms with E-state index in [-0.39, 0.29) is 35.8 Å². The standard InChI is InChI=1S/C12H15N3O4.ClH/c1-19-11-6-8(2-3-10(11)15(17)18)12(16)14-5-4-9(13)7-14;/h2-3,6,9H,4-5,7,13H2,1H3;1H/t9-;/m0./s1. The van der Waals surface area contributed by atoms with Gasteiger partial charge in [-0.15, -0.1) is 12.4 Å². The number of hydrogen-bond donors (Lipinski definition) is 1. The second kappa shape index (κ2) is 6.53. The highest BCUT2D eigenvalue weighted by molar-refractivity contribution is 5.95. The van der Waals surface area contributed by atoms with E-state index in [1.807, 2.05) is 0 Å². The van der Waals surface area contributed by atoms with Crippen molar-refractivity contribution >= 4 is 24.0 Å². The number of carbonyl (C=O) groups excluding carboxylic acids is 1. The first-order valence-electron chi connectivity index (χ1n) is 5.90. The molecule has 2 N–H and O–H groups in total. The number of nitrogens with two attached hydrogens (primary N) is 1. The lowest BCUT2D eigenvalue weighted by Crippen LogP contribution is -2.31. The normalized spacial score (nSPS) is 17.5. The summed E-state index contributed by atoms with van der Waals surface area (Å²) >= 11 is 0. The number of hydrogen-bond acceptors (Lipinski definition) is 5. The van der Waals surface area contributed by atoms with Gasteiger partial charge in [0.25, 0.3) is 5.91 Å². The lowest BCUT2D eigenvalue weighted by atomic mass is 10.1. The van der Waals surface area contributed by atoms with Gasteiger partial charge < -0.3 is 15.4 Å². The number of ether oxygens (including phenoxy) is 1. The topological polar surface area (TPSA) is 98.7 Å². The fourth-order valence-electron chi connectivity index (χ4n) is 2.12. The van der Waals surface area contributed by atoms with Crippen molar-refractivity contribution in [1.82, 2.24) is 4.90 Å². The van der Waals surface area contributed by atoms with E-state index in [1.54, 1.807) is 4.90 Å². The molecule has 0 unspecified atom stereocenters. The van der Waals surface area contributed by atoms with Gasteiger partial charge in [-0.3, -0.25) is 14.9 Å². The lowest BCUT2D eigenvalue weighted by Gasteiger charge is -2.16. The van der Waals surface area contributed by atoms with Crippen molar-refractivity contribution in [2.24, 2.45) is 5.73 Å². The van der Waals surface area contributed by atoms with Crippen LogP contribution in [0.2, 0.25) is 0 Å². The number of halogens is 1. The molecule has 110 valence electrons. The third-order valence-electron chi connectivity index (χ3n) is 3.14. The van der Waals surface area contributed by atoms with Crippen LogP contribution in [0.1, 0.15) is 16.8 Å². The van der Waals surface area contributed by atoms with Crippen LogP contribution in [0.4, 0.5) is 5.69 Å². The Morgan fingerprint density at radius 1 is 1.55 bits per heavy atom. The zero-order chi connectivity index (χ0) is 14.0. The number of nitro benzene ring substituents is 1. The number of nitro groups is 1. The number of amides is 1. The smallest absolute Gasteiger partial charge is 0.310 e. The van der Waals surface area contributed by atoms with E-state index in [0.717, 1.165) is 6.42 Å². The van der Waals surface area contributed by atoms with Crippen LogP contribution in [0.15, 0.2) is 18.2 Å². The first-order valence-corrected chi connectivity index (χ1v) is 5.90. The van der Waals surface area contributed by atoms with Gasteiger partial charge in [-0.1, -0.05) is 0 Å². The second-order valence-corrected chi connectivity index (χ2v) is 4.44. The van der Waals surface area contributed by atoms with Crippen molar-refractivity contribution in [3.8, 4) is 5.75 Å². The minimum Gasteiger partial charge on any atom is -0.490 e. The number of methoxy groups -OCH3 is 1. The monoisotopic (exact) mass is 301 g/mol. The van der Waals surface area contributed by atoms with Crippen molar-refractivity contribution in [1.29, 1.82) is 0 Å². The van der Waals surface area contributed by atoms with E-state index < -0.39 is 4.92 Å². The molecule has 7 nitrogen and oxygen atoms in total. The highest BCUT2D eigenvalue weighted by Gasteiger charge is 2.26. The SMILES string of the molecule is COc1cc(C(=O)N2CC[C@H](N)C2)ccc1[N+](=O)[O-].Cl. The fraction of sp³-hybridized carbons (Fsp3) is 0.417. The van der Waals surface area contributed by atoms with E-state index in [1.165, 1.54) is 25.3 Å². The zero-order valence-electron chi connectivity index (χ0n) is 10.9. The lowest BCUT2D eigenvalue weighted by molar-refractivity contribution is -0.385. The van der Waals surface area contributed by atoms with Gasteiger partial charge in [-0.25, -0.2) is 0 Å². The molecule has 1 amide bonds. The maximum atomic E-state index is 12.2. The Morgan fingerprint density at radius 3 is 2.75 bits per heavy atom. The summed E-state index contributed by atoms with van der Waals surface area (Å²) in [5.41, 5.74) is 5.97. The molecule has 0 saturated carbocycles. The van der Waals surface area contributed by atoms with Crippen molar-refractivity contribution in [2.45, 2.75) is 12.5 Å². The average Bonchev–Trinajstić information content (AvgIpc) is 2.83. The maximum Gasteiger partial charge on any atom is 0.310 e. The molecule has 0 bridgehead atoms. The summed E-state index contributed by atoms with van der Waals surface area (Å²) in [5.74, 6) is -0.0968. The minimum absolute atomic E-state index is 0. The van der Waals surface area contributed by atoms with E-state index in [0.29, 0.717) is 18.7 Å². The van der Waals surface area contributed by atoms with Crippen LogP contribution in [-0.4, -0.2) is 42.0 Å². The first-order chi connectivity index (χ1) is 9.02. The second-order valence-electron chi connectivity index (χ2n) is 4.44. The molecular formula is C12H16ClN3O4. The average molecular weight is 302 g/mol. The maximum absolute atomic E-state index is 12.2. The number of carbonyl (C=O) groups is 1. The number of benzene rings is 1. The van der Waals surface area contributed by atoms with Crippen molar-refractivity contribution in [2.75, 3.05) is 20.2 Å². The largest absolute Gasteiger partial charge is 0.490 e. The van der Waals surface area contributed by atoms with Crippen LogP contribution in [0.5, 0.6) is 5.75 Å². The summed E-state index contributed by atoms with van der Waals surface area (Å²) in [6, 6.07) is 4.11. The van der Waals surface area contributed by atoms with E-state index in [4.69, 9.17) is 10.5 Å². The Bertz CT molecular complexity index is 523. The predicted octanol–water partition coefficient (Wildman–Crippen LogP) is 1.20. The Kier molecular flexibility index (Phi) is 5.29. The molecule has 0 spiro atoms. The third kappa shape index (κ3) is 3.17. The summed E-state index contributed by atoms with van der Waals surface area (Å²) < 4.78 is 4.94. The molecule has 1 saturated heterocycles. The summed E-state index contributed by atoms with van der Waals surface area (Å²) in [7, 11) is 1.34. The summed E-state index contributed by atoms with van der Waals surface area (Å²) in [4.78, 5) is 24.1. The van der Waals surface area contributed by atoms with Gasteiger partial charge >= 0.3 is 5.69 Å². The van der Waals surface area contributed by atoms with Gasteiger partial charge in [0.15, 0.2) is 5.75 Å². The first kappa shape index (κ1) is 16.2. The quantitative estimate of drug-likeness (QED) is 0.668. The molecule has 20 heavy (non-hydrogen) atoms. The van der Waals surface area contributed by atoms with Crippen molar-refractivity contribution in [3.05, 3.63) is 33.9 Å². The van der Waals surface area contributed by atoms with Gasteiger partial charge in [0.1, 0.15) is 0 Å². The van der Waals surface area contributed by atoms with Crippen LogP contribution in [0.25, 0.3) is 0 Å². The fourth-order valence-corrected chi connectivity index (χ4v) is 2.12. The molecule has 2 rings (SSSR count). The zero-order valence-corrected chi connectivity index (χ0v) is 11.8. The van der Waals surface area contributed by atoms with Gasteiger partial charge in [-0.2, -0.15) is 0 Å². The van der Waals surface area contributed by atoms with Crippen LogP contribution in [0.3, 0.4) is 0 Å². The number of likely N-dealkylation sites (tertiary alicyclic amines) is 1. The van der Waals surface area contributed by atoms with Crippen LogP contribution in [-0.2, 0) is 0 Å². The Labute approximate surface area is 122 Å².